The molecule has 0 radical (unpaired) electrons. The van der Waals surface area contributed by atoms with Gasteiger partial charge in [0.2, 0.25) is 0 Å². The molecule has 0 aliphatic rings. The van der Waals surface area contributed by atoms with Crippen LogP contribution < -0.4 is 21.2 Å². The van der Waals surface area contributed by atoms with Gasteiger partial charge in [0.05, 0.1) is 6.21 Å². The lowest BCUT2D eigenvalue weighted by atomic mass is 9.95. The largest absolute Gasteiger partial charge is 0.484 e. The Morgan fingerprint density at radius 2 is 1.85 bits per heavy atom. The molecule has 7 heteroatoms. The van der Waals surface area contributed by atoms with Crippen molar-refractivity contribution in [3.8, 4) is 5.75 Å². The van der Waals surface area contributed by atoms with Crippen molar-refractivity contribution in [2.75, 3.05) is 24.3 Å². The fourth-order valence-corrected chi connectivity index (χ4v) is 3.07. The predicted octanol–water partition coefficient (Wildman–Crippen LogP) is 5.43. The second kappa shape index (κ2) is 15.6. The van der Waals surface area contributed by atoms with E-state index < -0.39 is 0 Å². The SMILES string of the molecule is CC.C\C=C/C(/C=C(\C=N/N)c1c(C=O)cc(NC(=O)COc2ccccc2)cc1NC)=C\C. The minimum atomic E-state index is -0.343. The number of hydrogen-bond donors (Lipinski definition) is 3. The first-order valence-electron chi connectivity index (χ1n) is 11.1. The van der Waals surface area contributed by atoms with Gasteiger partial charge in [-0.3, -0.25) is 9.59 Å². The Hall–Kier alpha value is -4.13. The first-order valence-corrected chi connectivity index (χ1v) is 11.1. The minimum absolute atomic E-state index is 0.157. The van der Waals surface area contributed by atoms with Gasteiger partial charge < -0.3 is 21.2 Å². The van der Waals surface area contributed by atoms with Crippen LogP contribution in [0.2, 0.25) is 0 Å². The van der Waals surface area contributed by atoms with Crippen LogP contribution in [0.5, 0.6) is 5.75 Å². The quantitative estimate of drug-likeness (QED) is 0.143. The van der Waals surface area contributed by atoms with Crippen LogP contribution in [0.3, 0.4) is 0 Å². The van der Waals surface area contributed by atoms with Crippen LogP contribution in [0.1, 0.15) is 43.6 Å². The first-order chi connectivity index (χ1) is 16.6. The number of hydrogen-bond acceptors (Lipinski definition) is 6. The van der Waals surface area contributed by atoms with Gasteiger partial charge in [-0.1, -0.05) is 50.3 Å². The number of anilines is 2. The molecule has 34 heavy (non-hydrogen) atoms. The third-order valence-corrected chi connectivity index (χ3v) is 4.48. The van der Waals surface area contributed by atoms with Crippen molar-refractivity contribution < 1.29 is 14.3 Å². The molecule has 7 nitrogen and oxygen atoms in total. The van der Waals surface area contributed by atoms with Gasteiger partial charge in [0.15, 0.2) is 12.9 Å². The van der Waals surface area contributed by atoms with E-state index in [4.69, 9.17) is 10.6 Å². The zero-order chi connectivity index (χ0) is 25.3. The molecule has 0 fully saturated rings. The minimum Gasteiger partial charge on any atom is -0.484 e. The summed E-state index contributed by atoms with van der Waals surface area (Å²) in [4.78, 5) is 24.3. The van der Waals surface area contributed by atoms with Crippen LogP contribution >= 0.6 is 0 Å². The number of ether oxygens (including phenoxy) is 1. The highest BCUT2D eigenvalue weighted by molar-refractivity contribution is 6.15. The Kier molecular flexibility index (Phi) is 12.8. The van der Waals surface area contributed by atoms with E-state index in [9.17, 15) is 9.59 Å². The van der Waals surface area contributed by atoms with E-state index in [-0.39, 0.29) is 12.5 Å². The van der Waals surface area contributed by atoms with E-state index in [1.807, 2.05) is 70.2 Å². The summed E-state index contributed by atoms with van der Waals surface area (Å²) in [5.41, 5.74) is 3.67. The zero-order valence-corrected chi connectivity index (χ0v) is 20.5. The normalized spacial score (nSPS) is 11.7. The molecule has 0 bridgehead atoms. The number of amides is 1. The molecule has 0 saturated heterocycles. The van der Waals surface area contributed by atoms with E-state index in [1.54, 1.807) is 31.3 Å². The second-order valence-electron chi connectivity index (χ2n) is 6.67. The molecule has 0 heterocycles. The lowest BCUT2D eigenvalue weighted by Crippen LogP contribution is -2.20. The molecule has 4 N–H and O–H groups in total. The number of rotatable bonds is 10. The fraction of sp³-hybridized carbons (Fsp3) is 0.222. The van der Waals surface area contributed by atoms with Gasteiger partial charge in [0.25, 0.3) is 5.91 Å². The molecule has 0 spiro atoms. The smallest absolute Gasteiger partial charge is 0.262 e. The molecule has 0 saturated carbocycles. The summed E-state index contributed by atoms with van der Waals surface area (Å²) < 4.78 is 5.48. The Morgan fingerprint density at radius 1 is 1.15 bits per heavy atom. The van der Waals surface area contributed by atoms with Gasteiger partial charge in [0, 0.05) is 35.1 Å². The number of nitrogens with zero attached hydrogens (tertiary/aromatic N) is 1. The molecule has 0 unspecified atom stereocenters. The van der Waals surface area contributed by atoms with E-state index in [2.05, 4.69) is 15.7 Å². The van der Waals surface area contributed by atoms with Crippen molar-refractivity contribution in [2.45, 2.75) is 27.7 Å². The highest BCUT2D eigenvalue weighted by Gasteiger charge is 2.15. The molecule has 180 valence electrons. The second-order valence-corrected chi connectivity index (χ2v) is 6.67. The Labute approximate surface area is 202 Å². The summed E-state index contributed by atoms with van der Waals surface area (Å²) in [7, 11) is 1.73. The molecular weight excluding hydrogens is 428 g/mol. The number of benzene rings is 2. The van der Waals surface area contributed by atoms with Gasteiger partial charge in [0.1, 0.15) is 5.75 Å². The molecule has 0 atom stereocenters. The number of carbonyl (C=O) groups excluding carboxylic acids is 2. The van der Waals surface area contributed by atoms with E-state index in [0.717, 1.165) is 11.9 Å². The summed E-state index contributed by atoms with van der Waals surface area (Å²) in [6.45, 7) is 7.68. The van der Waals surface area contributed by atoms with E-state index in [1.165, 1.54) is 6.21 Å². The Balaban J connectivity index is 0.00000281. The maximum absolute atomic E-state index is 12.4. The molecule has 2 rings (SSSR count). The summed E-state index contributed by atoms with van der Waals surface area (Å²) in [5.74, 6) is 5.68. The van der Waals surface area contributed by atoms with Gasteiger partial charge in [-0.2, -0.15) is 5.10 Å². The highest BCUT2D eigenvalue weighted by atomic mass is 16.5. The van der Waals surface area contributed by atoms with Crippen LogP contribution in [0, 0.1) is 0 Å². The topological polar surface area (TPSA) is 106 Å². The number of carbonyl (C=O) groups is 2. The van der Waals surface area contributed by atoms with Crippen molar-refractivity contribution in [2.24, 2.45) is 10.9 Å². The average Bonchev–Trinajstić information content (AvgIpc) is 2.88. The summed E-state index contributed by atoms with van der Waals surface area (Å²) in [5, 5.41) is 9.51. The summed E-state index contributed by atoms with van der Waals surface area (Å²) in [6, 6.07) is 12.4. The van der Waals surface area contributed by atoms with Crippen molar-refractivity contribution in [3.05, 3.63) is 83.5 Å². The predicted molar refractivity (Wildman–Crippen MR) is 143 cm³/mol. The third-order valence-electron chi connectivity index (χ3n) is 4.48. The number of hydrazone groups is 1. The van der Waals surface area contributed by atoms with Gasteiger partial charge >= 0.3 is 0 Å². The molecule has 0 aliphatic heterocycles. The van der Waals surface area contributed by atoms with Gasteiger partial charge in [-0.25, -0.2) is 0 Å². The van der Waals surface area contributed by atoms with Crippen LogP contribution in [-0.4, -0.2) is 32.1 Å². The lowest BCUT2D eigenvalue weighted by Gasteiger charge is -2.16. The van der Waals surface area contributed by atoms with Gasteiger partial charge in [-0.05, 0) is 49.8 Å². The Morgan fingerprint density at radius 3 is 2.41 bits per heavy atom. The monoisotopic (exact) mass is 462 g/mol. The number of para-hydroxylation sites is 1. The summed E-state index contributed by atoms with van der Waals surface area (Å²) >= 11 is 0. The van der Waals surface area contributed by atoms with Crippen molar-refractivity contribution in [1.82, 2.24) is 0 Å². The van der Waals surface area contributed by atoms with Crippen LogP contribution in [-0.2, 0) is 4.79 Å². The fourth-order valence-electron chi connectivity index (χ4n) is 3.07. The number of aldehydes is 1. The van der Waals surface area contributed by atoms with Crippen molar-refractivity contribution in [1.29, 1.82) is 0 Å². The van der Waals surface area contributed by atoms with Crippen LogP contribution in [0.25, 0.3) is 5.57 Å². The van der Waals surface area contributed by atoms with Gasteiger partial charge in [-0.15, -0.1) is 0 Å². The number of allylic oxidation sites excluding steroid dienone is 6. The van der Waals surface area contributed by atoms with E-state index >= 15 is 0 Å². The lowest BCUT2D eigenvalue weighted by molar-refractivity contribution is -0.118. The maximum Gasteiger partial charge on any atom is 0.262 e. The number of nitrogens with one attached hydrogen (secondary N) is 2. The molecular formula is C27H34N4O3. The zero-order valence-electron chi connectivity index (χ0n) is 20.5. The average molecular weight is 463 g/mol. The standard InChI is InChI=1S/C25H28N4O3.C2H6/c1-4-9-18(5-2)12-19(15-28-26)25-20(16-30)13-21(14-23(25)27-3)29-24(31)17-32-22-10-7-6-8-11-22;1-2/h4-16,27H,17,26H2,1-3H3,(H,29,31);1-2H3/b9-4-,18-5+,19-12+,28-15-;. The molecule has 2 aromatic rings. The van der Waals surface area contributed by atoms with Crippen LogP contribution in [0.4, 0.5) is 11.4 Å². The highest BCUT2D eigenvalue weighted by Crippen LogP contribution is 2.31. The van der Waals surface area contributed by atoms with E-state index in [0.29, 0.717) is 33.8 Å². The first kappa shape index (κ1) is 27.9. The molecule has 1 amide bonds. The van der Waals surface area contributed by atoms with Crippen molar-refractivity contribution >= 4 is 35.4 Å². The maximum atomic E-state index is 12.4. The number of nitrogens with two attached hydrogens (primary N) is 1. The molecule has 0 aliphatic carbocycles. The Bertz CT molecular complexity index is 1060. The summed E-state index contributed by atoms with van der Waals surface area (Å²) in [6.07, 6.45) is 9.89. The molecule has 2 aromatic carbocycles. The van der Waals surface area contributed by atoms with Crippen LogP contribution in [0.15, 0.2) is 77.4 Å². The molecule has 0 aromatic heterocycles. The van der Waals surface area contributed by atoms with Crippen molar-refractivity contribution in [3.63, 3.8) is 0 Å². The third kappa shape index (κ3) is 8.43.